The molecule has 0 aromatic heterocycles. The van der Waals surface area contributed by atoms with Crippen LogP contribution in [0.4, 0.5) is 0 Å². The minimum atomic E-state index is 0.0994. The zero-order chi connectivity index (χ0) is 19.5. The van der Waals surface area contributed by atoms with Gasteiger partial charge in [-0.05, 0) is 50.8 Å². The molecule has 2 amide bonds. The van der Waals surface area contributed by atoms with E-state index in [1.165, 1.54) is 0 Å². The second-order valence-corrected chi connectivity index (χ2v) is 7.43. The van der Waals surface area contributed by atoms with Crippen LogP contribution in [0.5, 0.6) is 0 Å². The van der Waals surface area contributed by atoms with E-state index in [-0.39, 0.29) is 17.9 Å². The van der Waals surface area contributed by atoms with Crippen LogP contribution in [0.3, 0.4) is 0 Å². The lowest BCUT2D eigenvalue weighted by molar-refractivity contribution is -0.134. The number of piperidine rings is 1. The van der Waals surface area contributed by atoms with E-state index in [2.05, 4.69) is 11.8 Å². The minimum Gasteiger partial charge on any atom is -0.340 e. The van der Waals surface area contributed by atoms with Crippen LogP contribution in [-0.4, -0.2) is 53.8 Å². The van der Waals surface area contributed by atoms with Crippen molar-refractivity contribution >= 4 is 11.8 Å². The van der Waals surface area contributed by atoms with Crippen molar-refractivity contribution in [2.24, 2.45) is 5.73 Å². The summed E-state index contributed by atoms with van der Waals surface area (Å²) in [7, 11) is 0. The van der Waals surface area contributed by atoms with Crippen molar-refractivity contribution in [1.29, 1.82) is 0 Å². The van der Waals surface area contributed by atoms with Crippen LogP contribution < -0.4 is 5.73 Å². The van der Waals surface area contributed by atoms with E-state index in [1.807, 2.05) is 35.2 Å². The monoisotopic (exact) mass is 373 g/mol. The molecule has 5 heteroatoms. The first kappa shape index (κ1) is 21.4. The average Bonchev–Trinajstić information content (AvgIpc) is 2.72. The molecule has 1 aromatic carbocycles. The van der Waals surface area contributed by atoms with Crippen molar-refractivity contribution in [1.82, 2.24) is 9.80 Å². The number of hydrogen-bond donors (Lipinski definition) is 1. The molecule has 0 aliphatic carbocycles. The molecule has 0 radical (unpaired) electrons. The molecule has 0 spiro atoms. The molecule has 5 nitrogen and oxygen atoms in total. The predicted molar refractivity (Wildman–Crippen MR) is 110 cm³/mol. The summed E-state index contributed by atoms with van der Waals surface area (Å²) in [5.41, 5.74) is 6.27. The third kappa shape index (κ3) is 6.65. The zero-order valence-electron chi connectivity index (χ0n) is 16.7. The summed E-state index contributed by atoms with van der Waals surface area (Å²) < 4.78 is 0. The number of unbranched alkanes of at least 4 members (excludes halogenated alkanes) is 3. The number of carbonyl (C=O) groups excluding carboxylic acids is 2. The predicted octanol–water partition coefficient (Wildman–Crippen LogP) is 3.44. The van der Waals surface area contributed by atoms with Gasteiger partial charge in [-0.3, -0.25) is 9.59 Å². The lowest BCUT2D eigenvalue weighted by Crippen LogP contribution is -2.49. The van der Waals surface area contributed by atoms with E-state index in [0.29, 0.717) is 6.42 Å². The topological polar surface area (TPSA) is 66.6 Å². The van der Waals surface area contributed by atoms with Crippen LogP contribution in [0, 0.1) is 0 Å². The summed E-state index contributed by atoms with van der Waals surface area (Å²) in [4.78, 5) is 29.3. The van der Waals surface area contributed by atoms with Crippen molar-refractivity contribution in [2.75, 3.05) is 26.2 Å². The largest absolute Gasteiger partial charge is 0.340 e. The molecule has 2 rings (SSSR count). The smallest absolute Gasteiger partial charge is 0.253 e. The number of benzene rings is 1. The molecule has 0 bridgehead atoms. The number of rotatable bonds is 10. The Morgan fingerprint density at radius 3 is 2.37 bits per heavy atom. The Bertz CT molecular complexity index is 568. The van der Waals surface area contributed by atoms with Crippen molar-refractivity contribution in [2.45, 2.75) is 64.3 Å². The van der Waals surface area contributed by atoms with Gasteiger partial charge in [0.15, 0.2) is 0 Å². The van der Waals surface area contributed by atoms with Crippen LogP contribution in [-0.2, 0) is 4.79 Å². The maximum Gasteiger partial charge on any atom is 0.253 e. The van der Waals surface area contributed by atoms with E-state index in [1.54, 1.807) is 0 Å². The summed E-state index contributed by atoms with van der Waals surface area (Å²) >= 11 is 0. The van der Waals surface area contributed by atoms with Gasteiger partial charge in [-0.2, -0.15) is 0 Å². The highest BCUT2D eigenvalue weighted by Gasteiger charge is 2.29. The highest BCUT2D eigenvalue weighted by Crippen LogP contribution is 2.20. The molecule has 1 saturated heterocycles. The van der Waals surface area contributed by atoms with Gasteiger partial charge in [0, 0.05) is 37.7 Å². The Kier molecular flexibility index (Phi) is 9.32. The Morgan fingerprint density at radius 2 is 1.74 bits per heavy atom. The van der Waals surface area contributed by atoms with E-state index in [0.717, 1.165) is 76.7 Å². The minimum absolute atomic E-state index is 0.0994. The van der Waals surface area contributed by atoms with Crippen LogP contribution in [0.2, 0.25) is 0 Å². The van der Waals surface area contributed by atoms with Gasteiger partial charge < -0.3 is 15.5 Å². The van der Waals surface area contributed by atoms with Crippen LogP contribution >= 0.6 is 0 Å². The number of carbonyl (C=O) groups is 2. The fourth-order valence-electron chi connectivity index (χ4n) is 3.81. The highest BCUT2D eigenvalue weighted by molar-refractivity contribution is 5.94. The molecule has 1 heterocycles. The van der Waals surface area contributed by atoms with Crippen molar-refractivity contribution in [3.63, 3.8) is 0 Å². The molecule has 1 aromatic rings. The van der Waals surface area contributed by atoms with Gasteiger partial charge in [0.05, 0.1) is 0 Å². The lowest BCUT2D eigenvalue weighted by Gasteiger charge is -2.38. The fraction of sp³-hybridized carbons (Fsp3) is 0.636. The second-order valence-electron chi connectivity index (χ2n) is 7.43. The molecule has 1 aliphatic heterocycles. The number of hydrogen-bond acceptors (Lipinski definition) is 3. The second kappa shape index (κ2) is 11.8. The molecule has 27 heavy (non-hydrogen) atoms. The molecule has 0 unspecified atom stereocenters. The normalized spacial score (nSPS) is 15.0. The number of nitrogens with two attached hydrogens (primary N) is 1. The third-order valence-electron chi connectivity index (χ3n) is 5.34. The summed E-state index contributed by atoms with van der Waals surface area (Å²) in [5, 5.41) is 0. The first-order chi connectivity index (χ1) is 13.2. The molecule has 1 aliphatic rings. The Labute approximate surface area is 163 Å². The van der Waals surface area contributed by atoms with Gasteiger partial charge in [0.2, 0.25) is 5.91 Å². The van der Waals surface area contributed by atoms with E-state index >= 15 is 0 Å². The quantitative estimate of drug-likeness (QED) is 0.639. The standard InChI is InChI=1S/C22H35N3O2/c1-2-16-25(21(26)12-8-3-4-9-15-23)20-13-17-24(18-14-20)22(27)19-10-6-5-7-11-19/h5-7,10-11,20H,2-4,8-9,12-18,23H2,1H3. The van der Waals surface area contributed by atoms with Gasteiger partial charge in [0.1, 0.15) is 0 Å². The van der Waals surface area contributed by atoms with Crippen LogP contribution in [0.1, 0.15) is 68.6 Å². The molecule has 0 saturated carbocycles. The van der Waals surface area contributed by atoms with Crippen LogP contribution in [0.25, 0.3) is 0 Å². The first-order valence-corrected chi connectivity index (χ1v) is 10.5. The average molecular weight is 374 g/mol. The van der Waals surface area contributed by atoms with Gasteiger partial charge in [0.25, 0.3) is 5.91 Å². The Morgan fingerprint density at radius 1 is 1.07 bits per heavy atom. The van der Waals surface area contributed by atoms with Gasteiger partial charge in [-0.25, -0.2) is 0 Å². The third-order valence-corrected chi connectivity index (χ3v) is 5.34. The number of nitrogens with zero attached hydrogens (tertiary/aromatic N) is 2. The van der Waals surface area contributed by atoms with Crippen molar-refractivity contribution in [3.05, 3.63) is 35.9 Å². The van der Waals surface area contributed by atoms with Gasteiger partial charge in [-0.15, -0.1) is 0 Å². The molecule has 0 atom stereocenters. The molecule has 150 valence electrons. The lowest BCUT2D eigenvalue weighted by atomic mass is 10.0. The fourth-order valence-corrected chi connectivity index (χ4v) is 3.81. The van der Waals surface area contributed by atoms with Crippen LogP contribution in [0.15, 0.2) is 30.3 Å². The van der Waals surface area contributed by atoms with Gasteiger partial charge in [-0.1, -0.05) is 38.0 Å². The van der Waals surface area contributed by atoms with Crippen molar-refractivity contribution < 1.29 is 9.59 Å². The first-order valence-electron chi connectivity index (χ1n) is 10.5. The number of amides is 2. The SMILES string of the molecule is CCCN(C(=O)CCCCCCN)C1CCN(C(=O)c2ccccc2)CC1. The Hall–Kier alpha value is -1.88. The molecule has 2 N–H and O–H groups in total. The maximum absolute atomic E-state index is 12.7. The van der Waals surface area contributed by atoms with Crippen molar-refractivity contribution in [3.8, 4) is 0 Å². The van der Waals surface area contributed by atoms with E-state index in [4.69, 9.17) is 5.73 Å². The van der Waals surface area contributed by atoms with E-state index < -0.39 is 0 Å². The summed E-state index contributed by atoms with van der Waals surface area (Å²) in [6.07, 6.45) is 7.53. The Balaban J connectivity index is 1.83. The summed E-state index contributed by atoms with van der Waals surface area (Å²) in [6, 6.07) is 9.72. The number of likely N-dealkylation sites (tertiary alicyclic amines) is 1. The maximum atomic E-state index is 12.7. The highest BCUT2D eigenvalue weighted by atomic mass is 16.2. The molecular formula is C22H35N3O2. The zero-order valence-corrected chi connectivity index (χ0v) is 16.7. The molecule has 1 fully saturated rings. The van der Waals surface area contributed by atoms with E-state index in [9.17, 15) is 9.59 Å². The molecular weight excluding hydrogens is 338 g/mol. The van der Waals surface area contributed by atoms with Gasteiger partial charge >= 0.3 is 0 Å². The summed E-state index contributed by atoms with van der Waals surface area (Å²) in [5.74, 6) is 0.375. The summed E-state index contributed by atoms with van der Waals surface area (Å²) in [6.45, 7) is 5.12.